The van der Waals surface area contributed by atoms with Crippen molar-refractivity contribution in [2.24, 2.45) is 0 Å². The van der Waals surface area contributed by atoms with Crippen molar-refractivity contribution in [2.75, 3.05) is 12.3 Å². The standard InChI is InChI=1S/C13H19NO3S/c1-2-9-18(16,17)14-10-13(15)8-7-11-5-3-4-6-12(11)13/h3-6,14-15H,2,7-10H2,1H3. The van der Waals surface area contributed by atoms with Gasteiger partial charge < -0.3 is 5.11 Å². The molecule has 1 unspecified atom stereocenters. The van der Waals surface area contributed by atoms with Crippen molar-refractivity contribution in [3.63, 3.8) is 0 Å². The summed E-state index contributed by atoms with van der Waals surface area (Å²) in [5.74, 6) is 0.102. The highest BCUT2D eigenvalue weighted by molar-refractivity contribution is 7.89. The Kier molecular flexibility index (Phi) is 3.75. The van der Waals surface area contributed by atoms with Gasteiger partial charge in [-0.2, -0.15) is 0 Å². The predicted molar refractivity (Wildman–Crippen MR) is 70.7 cm³/mol. The Labute approximate surface area is 108 Å². The Morgan fingerprint density at radius 2 is 2.11 bits per heavy atom. The van der Waals surface area contributed by atoms with Crippen LogP contribution in [0.5, 0.6) is 0 Å². The van der Waals surface area contributed by atoms with Crippen LogP contribution in [0, 0.1) is 0 Å². The number of aryl methyl sites for hydroxylation is 1. The Hall–Kier alpha value is -0.910. The first kappa shape index (κ1) is 13.5. The van der Waals surface area contributed by atoms with E-state index in [2.05, 4.69) is 4.72 Å². The van der Waals surface area contributed by atoms with E-state index in [-0.39, 0.29) is 12.3 Å². The molecule has 4 nitrogen and oxygen atoms in total. The lowest BCUT2D eigenvalue weighted by atomic mass is 9.96. The molecular formula is C13H19NO3S. The second-order valence-electron chi connectivity index (χ2n) is 4.83. The minimum absolute atomic E-state index is 0.0619. The van der Waals surface area contributed by atoms with Gasteiger partial charge in [0.15, 0.2) is 0 Å². The number of sulfonamides is 1. The zero-order chi connectivity index (χ0) is 13.2. The van der Waals surface area contributed by atoms with Crippen LogP contribution in [0.2, 0.25) is 0 Å². The molecule has 0 saturated carbocycles. The van der Waals surface area contributed by atoms with Crippen LogP contribution in [0.3, 0.4) is 0 Å². The maximum Gasteiger partial charge on any atom is 0.211 e. The molecule has 2 rings (SSSR count). The molecule has 5 heteroatoms. The first-order valence-corrected chi connectivity index (χ1v) is 7.90. The summed E-state index contributed by atoms with van der Waals surface area (Å²) in [6, 6.07) is 7.66. The predicted octanol–water partition coefficient (Wildman–Crippen LogP) is 1.15. The van der Waals surface area contributed by atoms with E-state index < -0.39 is 15.6 Å². The van der Waals surface area contributed by atoms with E-state index in [1.165, 1.54) is 0 Å². The minimum Gasteiger partial charge on any atom is -0.384 e. The summed E-state index contributed by atoms with van der Waals surface area (Å²) in [5.41, 5.74) is 0.899. The third-order valence-electron chi connectivity index (χ3n) is 3.38. The Morgan fingerprint density at radius 3 is 2.83 bits per heavy atom. The van der Waals surface area contributed by atoms with Crippen LogP contribution in [0.1, 0.15) is 30.9 Å². The summed E-state index contributed by atoms with van der Waals surface area (Å²) in [6.07, 6.45) is 1.94. The van der Waals surface area contributed by atoms with Crippen molar-refractivity contribution in [1.82, 2.24) is 4.72 Å². The minimum atomic E-state index is -3.27. The molecule has 2 N–H and O–H groups in total. The number of hydrogen-bond acceptors (Lipinski definition) is 3. The van der Waals surface area contributed by atoms with Gasteiger partial charge in [0.1, 0.15) is 5.60 Å². The van der Waals surface area contributed by atoms with Gasteiger partial charge in [0.2, 0.25) is 10.0 Å². The van der Waals surface area contributed by atoms with Gasteiger partial charge in [-0.1, -0.05) is 31.2 Å². The molecule has 1 atom stereocenters. The summed E-state index contributed by atoms with van der Waals surface area (Å²) in [4.78, 5) is 0. The van der Waals surface area contributed by atoms with Gasteiger partial charge in [0.25, 0.3) is 0 Å². The number of hydrogen-bond donors (Lipinski definition) is 2. The molecule has 1 aliphatic carbocycles. The lowest BCUT2D eigenvalue weighted by Gasteiger charge is -2.24. The first-order valence-electron chi connectivity index (χ1n) is 6.25. The maximum absolute atomic E-state index is 11.6. The van der Waals surface area contributed by atoms with Crippen molar-refractivity contribution in [2.45, 2.75) is 31.8 Å². The molecule has 1 aliphatic rings. The maximum atomic E-state index is 11.6. The summed E-state index contributed by atoms with van der Waals surface area (Å²) < 4.78 is 25.7. The summed E-state index contributed by atoms with van der Waals surface area (Å²) >= 11 is 0. The lowest BCUT2D eigenvalue weighted by Crippen LogP contribution is -2.40. The zero-order valence-corrected chi connectivity index (χ0v) is 11.3. The Balaban J connectivity index is 2.11. The van der Waals surface area contributed by atoms with Crippen molar-refractivity contribution >= 4 is 10.0 Å². The van der Waals surface area contributed by atoms with Crippen LogP contribution in [0.25, 0.3) is 0 Å². The normalized spacial score (nSPS) is 23.0. The van der Waals surface area contributed by atoms with Crippen LogP contribution < -0.4 is 4.72 Å². The molecule has 1 aromatic rings. The topological polar surface area (TPSA) is 66.4 Å². The molecule has 0 radical (unpaired) electrons. The van der Waals surface area contributed by atoms with Crippen LogP contribution in [0.15, 0.2) is 24.3 Å². The molecular weight excluding hydrogens is 250 g/mol. The number of nitrogens with one attached hydrogen (secondary N) is 1. The Morgan fingerprint density at radius 1 is 1.39 bits per heavy atom. The number of aliphatic hydroxyl groups is 1. The molecule has 100 valence electrons. The molecule has 18 heavy (non-hydrogen) atoms. The number of rotatable bonds is 5. The van der Waals surface area contributed by atoms with Crippen LogP contribution in [0.4, 0.5) is 0 Å². The third kappa shape index (κ3) is 2.74. The van der Waals surface area contributed by atoms with Gasteiger partial charge in [-0.05, 0) is 30.4 Å². The molecule has 0 amide bonds. The number of fused-ring (bicyclic) bond motifs is 1. The SMILES string of the molecule is CCCS(=O)(=O)NCC1(O)CCc2ccccc21. The van der Waals surface area contributed by atoms with E-state index in [1.54, 1.807) is 0 Å². The summed E-state index contributed by atoms with van der Waals surface area (Å²) in [6.45, 7) is 1.88. The average Bonchev–Trinajstić information content (AvgIpc) is 2.67. The molecule has 0 fully saturated rings. The quantitative estimate of drug-likeness (QED) is 0.842. The molecule has 0 aliphatic heterocycles. The molecule has 0 aromatic heterocycles. The summed E-state index contributed by atoms with van der Waals surface area (Å²) in [5, 5.41) is 10.5. The van der Waals surface area contributed by atoms with Crippen LogP contribution in [-0.2, 0) is 22.0 Å². The van der Waals surface area contributed by atoms with Gasteiger partial charge in [-0.3, -0.25) is 0 Å². The lowest BCUT2D eigenvalue weighted by molar-refractivity contribution is 0.0442. The first-order chi connectivity index (χ1) is 8.47. The van der Waals surface area contributed by atoms with E-state index in [9.17, 15) is 13.5 Å². The van der Waals surface area contributed by atoms with Gasteiger partial charge in [0.05, 0.1) is 5.75 Å². The van der Waals surface area contributed by atoms with Crippen LogP contribution in [-0.4, -0.2) is 25.8 Å². The fourth-order valence-electron chi connectivity index (χ4n) is 2.42. The van der Waals surface area contributed by atoms with Crippen molar-refractivity contribution in [1.29, 1.82) is 0 Å². The van der Waals surface area contributed by atoms with E-state index >= 15 is 0 Å². The molecule has 0 heterocycles. The van der Waals surface area contributed by atoms with Gasteiger partial charge in [0, 0.05) is 6.54 Å². The van der Waals surface area contributed by atoms with E-state index in [1.807, 2.05) is 31.2 Å². The smallest absolute Gasteiger partial charge is 0.211 e. The third-order valence-corrected chi connectivity index (χ3v) is 4.91. The average molecular weight is 269 g/mol. The van der Waals surface area contributed by atoms with Crippen molar-refractivity contribution in [3.8, 4) is 0 Å². The van der Waals surface area contributed by atoms with Crippen molar-refractivity contribution in [3.05, 3.63) is 35.4 Å². The van der Waals surface area contributed by atoms with Gasteiger partial charge in [-0.25, -0.2) is 13.1 Å². The van der Waals surface area contributed by atoms with E-state index in [0.29, 0.717) is 12.8 Å². The second-order valence-corrected chi connectivity index (χ2v) is 6.76. The molecule has 0 bridgehead atoms. The fraction of sp³-hybridized carbons (Fsp3) is 0.538. The van der Waals surface area contributed by atoms with Crippen LogP contribution >= 0.6 is 0 Å². The number of benzene rings is 1. The molecule has 0 spiro atoms. The highest BCUT2D eigenvalue weighted by Gasteiger charge is 2.36. The highest BCUT2D eigenvalue weighted by atomic mass is 32.2. The van der Waals surface area contributed by atoms with E-state index in [4.69, 9.17) is 0 Å². The highest BCUT2D eigenvalue weighted by Crippen LogP contribution is 2.36. The summed E-state index contributed by atoms with van der Waals surface area (Å²) in [7, 11) is -3.27. The zero-order valence-electron chi connectivity index (χ0n) is 10.5. The molecule has 1 aromatic carbocycles. The van der Waals surface area contributed by atoms with Gasteiger partial charge in [-0.15, -0.1) is 0 Å². The Bertz CT molecular complexity index is 527. The molecule has 0 saturated heterocycles. The van der Waals surface area contributed by atoms with Gasteiger partial charge >= 0.3 is 0 Å². The van der Waals surface area contributed by atoms with E-state index in [0.717, 1.165) is 17.5 Å². The van der Waals surface area contributed by atoms with Crippen molar-refractivity contribution < 1.29 is 13.5 Å². The monoisotopic (exact) mass is 269 g/mol. The largest absolute Gasteiger partial charge is 0.384 e. The fourth-order valence-corrected chi connectivity index (χ4v) is 3.56. The second kappa shape index (κ2) is 4.99.